The lowest BCUT2D eigenvalue weighted by molar-refractivity contribution is -0.145. The van der Waals surface area contributed by atoms with E-state index in [0.717, 1.165) is 30.5 Å². The molecule has 1 N–H and O–H groups in total. The summed E-state index contributed by atoms with van der Waals surface area (Å²) in [5, 5.41) is 9.04. The molecule has 1 aromatic carbocycles. The number of hydrogen-bond donors (Lipinski definition) is 1. The molecular formula is C18H15NO9S. The summed E-state index contributed by atoms with van der Waals surface area (Å²) < 4.78 is 15.1. The molecule has 0 bridgehead atoms. The van der Waals surface area contributed by atoms with Gasteiger partial charge in [0.25, 0.3) is 0 Å². The number of nitrogens with zero attached hydrogens (tertiary/aromatic N) is 1. The number of para-hydroxylation sites is 1. The van der Waals surface area contributed by atoms with E-state index in [1.165, 1.54) is 18.2 Å². The minimum Gasteiger partial charge on any atom is -0.477 e. The van der Waals surface area contributed by atoms with Crippen LogP contribution in [0.25, 0.3) is 0 Å². The molecule has 3 rings (SSSR count). The van der Waals surface area contributed by atoms with Crippen LogP contribution in [0.5, 0.6) is 11.5 Å². The van der Waals surface area contributed by atoms with Crippen LogP contribution >= 0.6 is 11.8 Å². The summed E-state index contributed by atoms with van der Waals surface area (Å²) in [7, 11) is 0. The number of aliphatic carboxylic acids is 1. The van der Waals surface area contributed by atoms with Gasteiger partial charge in [-0.25, -0.2) is 9.59 Å². The van der Waals surface area contributed by atoms with Crippen molar-refractivity contribution in [2.24, 2.45) is 0 Å². The number of carboxylic acids is 1. The Kier molecular flexibility index (Phi) is 5.59. The predicted octanol–water partition coefficient (Wildman–Crippen LogP) is 1.30. The van der Waals surface area contributed by atoms with Gasteiger partial charge >= 0.3 is 23.9 Å². The largest absolute Gasteiger partial charge is 0.477 e. The van der Waals surface area contributed by atoms with Crippen LogP contribution in [0.4, 0.5) is 0 Å². The number of carbonyl (C=O) groups is 5. The highest BCUT2D eigenvalue weighted by Gasteiger charge is 2.48. The van der Waals surface area contributed by atoms with Crippen molar-refractivity contribution >= 4 is 41.5 Å². The molecular weight excluding hydrogens is 406 g/mol. The lowest BCUT2D eigenvalue weighted by Crippen LogP contribution is -2.48. The van der Waals surface area contributed by atoms with Crippen LogP contribution in [-0.2, 0) is 23.9 Å². The molecule has 29 heavy (non-hydrogen) atoms. The molecule has 152 valence electrons. The Morgan fingerprint density at radius 2 is 1.86 bits per heavy atom. The van der Waals surface area contributed by atoms with Gasteiger partial charge in [0.1, 0.15) is 17.9 Å². The number of amides is 1. The molecule has 0 saturated carbocycles. The Balaban J connectivity index is 1.83. The van der Waals surface area contributed by atoms with E-state index in [9.17, 15) is 29.1 Å². The summed E-state index contributed by atoms with van der Waals surface area (Å²) in [5.74, 6) is -4.39. The average molecular weight is 421 g/mol. The second-order valence-corrected chi connectivity index (χ2v) is 7.29. The Morgan fingerprint density at radius 3 is 2.45 bits per heavy atom. The smallest absolute Gasteiger partial charge is 0.353 e. The highest BCUT2D eigenvalue weighted by Crippen LogP contribution is 2.46. The van der Waals surface area contributed by atoms with E-state index < -0.39 is 23.9 Å². The van der Waals surface area contributed by atoms with Gasteiger partial charge in [-0.15, -0.1) is 0 Å². The third-order valence-electron chi connectivity index (χ3n) is 3.92. The third-order valence-corrected chi connectivity index (χ3v) is 5.17. The predicted molar refractivity (Wildman–Crippen MR) is 96.8 cm³/mol. The summed E-state index contributed by atoms with van der Waals surface area (Å²) >= 11 is 1.14. The Morgan fingerprint density at radius 1 is 1.17 bits per heavy atom. The standard InChI is InChI=1S/C18H15NO9S/c1-8(20)27-11-5-3-4-10(16(11)28-9(2)21)18(25)26-7-12-15(17(23)24)19-13(22)6-14(19)29-12/h3-5,14H,6-7H2,1-2H3,(H,23,24)/t14-/m1/s1. The Hall–Kier alpha value is -3.34. The van der Waals surface area contributed by atoms with Gasteiger partial charge < -0.3 is 19.3 Å². The van der Waals surface area contributed by atoms with Crippen molar-refractivity contribution in [3.8, 4) is 11.5 Å². The lowest BCUT2D eigenvalue weighted by Gasteiger charge is -2.33. The molecule has 0 unspecified atom stereocenters. The minimum atomic E-state index is -1.29. The summed E-state index contributed by atoms with van der Waals surface area (Å²) in [6, 6.07) is 4.04. The fourth-order valence-electron chi connectivity index (χ4n) is 2.80. The summed E-state index contributed by atoms with van der Waals surface area (Å²) in [5.41, 5.74) is -0.392. The van der Waals surface area contributed by atoms with E-state index in [-0.39, 0.29) is 52.0 Å². The monoisotopic (exact) mass is 421 g/mol. The van der Waals surface area contributed by atoms with E-state index in [1.54, 1.807) is 0 Å². The maximum Gasteiger partial charge on any atom is 0.353 e. The average Bonchev–Trinajstić information content (AvgIpc) is 2.92. The molecule has 1 fully saturated rings. The zero-order chi connectivity index (χ0) is 21.3. The van der Waals surface area contributed by atoms with E-state index in [0.29, 0.717) is 0 Å². The molecule has 0 aliphatic carbocycles. The molecule has 1 atom stereocenters. The number of esters is 3. The maximum absolute atomic E-state index is 12.5. The van der Waals surface area contributed by atoms with Gasteiger partial charge in [-0.05, 0) is 12.1 Å². The Labute approximate surface area is 168 Å². The second-order valence-electron chi connectivity index (χ2n) is 6.01. The van der Waals surface area contributed by atoms with E-state index in [2.05, 4.69) is 0 Å². The number of benzene rings is 1. The first-order chi connectivity index (χ1) is 13.7. The van der Waals surface area contributed by atoms with Crippen molar-refractivity contribution in [1.82, 2.24) is 4.90 Å². The summed E-state index contributed by atoms with van der Waals surface area (Å²) in [6.07, 6.45) is 0.208. The van der Waals surface area contributed by atoms with Crippen LogP contribution < -0.4 is 9.47 Å². The Bertz CT molecular complexity index is 968. The zero-order valence-electron chi connectivity index (χ0n) is 15.3. The van der Waals surface area contributed by atoms with Gasteiger partial charge in [0.2, 0.25) is 5.91 Å². The van der Waals surface area contributed by atoms with Gasteiger partial charge in [0, 0.05) is 13.8 Å². The highest BCUT2D eigenvalue weighted by molar-refractivity contribution is 8.04. The van der Waals surface area contributed by atoms with E-state index >= 15 is 0 Å². The molecule has 1 aromatic rings. The number of thioether (sulfide) groups is 1. The SMILES string of the molecule is CC(=O)Oc1cccc(C(=O)OCC2=C(C(=O)O)N3C(=O)C[C@H]3S2)c1OC(C)=O. The van der Waals surface area contributed by atoms with E-state index in [1.807, 2.05) is 0 Å². The number of fused-ring (bicyclic) bond motifs is 1. The number of rotatable bonds is 6. The second kappa shape index (κ2) is 7.95. The van der Waals surface area contributed by atoms with Crippen LogP contribution in [0.1, 0.15) is 30.6 Å². The number of hydrogen-bond acceptors (Lipinski definition) is 9. The lowest BCUT2D eigenvalue weighted by atomic mass is 10.1. The van der Waals surface area contributed by atoms with E-state index in [4.69, 9.17) is 14.2 Å². The number of carbonyl (C=O) groups excluding carboxylic acids is 4. The van der Waals surface area contributed by atoms with Crippen LogP contribution in [0, 0.1) is 0 Å². The first-order valence-corrected chi connectivity index (χ1v) is 9.19. The fraction of sp³-hybridized carbons (Fsp3) is 0.278. The van der Waals surface area contributed by atoms with Crippen LogP contribution in [-0.4, -0.2) is 51.8 Å². The van der Waals surface area contributed by atoms with Crippen molar-refractivity contribution in [3.05, 3.63) is 34.4 Å². The van der Waals surface area contributed by atoms with Gasteiger partial charge in [0.15, 0.2) is 11.5 Å². The zero-order valence-corrected chi connectivity index (χ0v) is 16.1. The molecule has 2 aliphatic heterocycles. The van der Waals surface area contributed by atoms with Crippen molar-refractivity contribution in [3.63, 3.8) is 0 Å². The van der Waals surface area contributed by atoms with Crippen molar-refractivity contribution in [2.75, 3.05) is 6.61 Å². The summed E-state index contributed by atoms with van der Waals surface area (Å²) in [6.45, 7) is 1.87. The van der Waals surface area contributed by atoms with Crippen molar-refractivity contribution in [2.45, 2.75) is 25.6 Å². The highest BCUT2D eigenvalue weighted by atomic mass is 32.2. The van der Waals surface area contributed by atoms with Gasteiger partial charge in [0.05, 0.1) is 16.7 Å². The molecule has 1 saturated heterocycles. The van der Waals surface area contributed by atoms with Crippen molar-refractivity contribution < 1.29 is 43.3 Å². The molecule has 0 spiro atoms. The first kappa shape index (κ1) is 20.4. The van der Waals surface area contributed by atoms with Crippen LogP contribution in [0.3, 0.4) is 0 Å². The molecule has 2 heterocycles. The van der Waals surface area contributed by atoms with Crippen LogP contribution in [0.15, 0.2) is 28.8 Å². The van der Waals surface area contributed by atoms with Gasteiger partial charge in [-0.1, -0.05) is 17.8 Å². The fourth-order valence-corrected chi connectivity index (χ4v) is 4.11. The molecule has 10 nitrogen and oxygen atoms in total. The number of β-lactam (4-membered cyclic amide) rings is 1. The minimum absolute atomic E-state index is 0.141. The topological polar surface area (TPSA) is 137 Å². The molecule has 0 radical (unpaired) electrons. The van der Waals surface area contributed by atoms with Gasteiger partial charge in [-0.3, -0.25) is 19.3 Å². The van der Waals surface area contributed by atoms with Crippen molar-refractivity contribution in [1.29, 1.82) is 0 Å². The summed E-state index contributed by atoms with van der Waals surface area (Å²) in [4.78, 5) is 59.7. The normalized spacial score (nSPS) is 17.4. The third kappa shape index (κ3) is 4.09. The molecule has 11 heteroatoms. The molecule has 0 aromatic heterocycles. The molecule has 2 aliphatic rings. The van der Waals surface area contributed by atoms with Gasteiger partial charge in [-0.2, -0.15) is 0 Å². The number of carboxylic acid groups (broad SMARTS) is 1. The maximum atomic E-state index is 12.5. The van der Waals surface area contributed by atoms with Crippen LogP contribution in [0.2, 0.25) is 0 Å². The number of ether oxygens (including phenoxy) is 3. The molecule has 1 amide bonds. The first-order valence-electron chi connectivity index (χ1n) is 8.31. The quantitative estimate of drug-likeness (QED) is 0.406.